The lowest BCUT2D eigenvalue weighted by molar-refractivity contribution is -0.0396. The van der Waals surface area contributed by atoms with Gasteiger partial charge in [-0.05, 0) is 37.8 Å². The van der Waals surface area contributed by atoms with Gasteiger partial charge in [0.15, 0.2) is 5.16 Å². The number of fused-ring (bicyclic) bond motifs is 5. The molecule has 9 heteroatoms. The fourth-order valence-corrected chi connectivity index (χ4v) is 7.58. The number of thioether (sulfide) groups is 2. The molecule has 3 aromatic rings. The Morgan fingerprint density at radius 3 is 2.60 bits per heavy atom. The Kier molecular flexibility index (Phi) is 8.08. The number of thiophene rings is 1. The van der Waals surface area contributed by atoms with E-state index in [1.54, 1.807) is 23.1 Å². The number of hydrogen-bond acceptors (Lipinski definition) is 9. The van der Waals surface area contributed by atoms with Crippen LogP contribution in [0.5, 0.6) is 0 Å². The molecule has 35 heavy (non-hydrogen) atoms. The first-order valence-corrected chi connectivity index (χ1v) is 15.8. The third kappa shape index (κ3) is 5.44. The Balaban J connectivity index is 1.60. The van der Waals surface area contributed by atoms with Crippen molar-refractivity contribution in [2.24, 2.45) is 0 Å². The molecule has 0 bridgehead atoms. The zero-order valence-corrected chi connectivity index (χ0v) is 23.8. The Morgan fingerprint density at radius 1 is 1.03 bits per heavy atom. The number of hydrogen-bond donors (Lipinski definition) is 0. The van der Waals surface area contributed by atoms with Gasteiger partial charge < -0.3 is 14.4 Å². The van der Waals surface area contributed by atoms with Gasteiger partial charge >= 0.3 is 0 Å². The molecule has 1 saturated heterocycles. The minimum atomic E-state index is -0.205. The van der Waals surface area contributed by atoms with E-state index < -0.39 is 0 Å². The van der Waals surface area contributed by atoms with Crippen molar-refractivity contribution in [3.05, 3.63) is 11.1 Å². The smallest absolute Gasteiger partial charge is 0.189 e. The first-order chi connectivity index (χ1) is 17.0. The Labute approximate surface area is 221 Å². The van der Waals surface area contributed by atoms with Crippen LogP contribution >= 0.6 is 34.9 Å². The van der Waals surface area contributed by atoms with Gasteiger partial charge in [-0.25, -0.2) is 15.0 Å². The highest BCUT2D eigenvalue weighted by Crippen LogP contribution is 2.45. The maximum atomic E-state index is 6.29. The number of pyridine rings is 1. The summed E-state index contributed by atoms with van der Waals surface area (Å²) in [7, 11) is 0. The minimum Gasteiger partial charge on any atom is -0.378 e. The van der Waals surface area contributed by atoms with Gasteiger partial charge in [-0.3, -0.25) is 0 Å². The summed E-state index contributed by atoms with van der Waals surface area (Å²) in [5, 5.41) is 3.18. The highest BCUT2D eigenvalue weighted by Gasteiger charge is 2.33. The zero-order chi connectivity index (χ0) is 24.4. The molecule has 2 aliphatic rings. The number of rotatable bonds is 9. The van der Waals surface area contributed by atoms with Crippen LogP contribution in [0.2, 0.25) is 0 Å². The fourth-order valence-electron chi connectivity index (χ4n) is 4.91. The van der Waals surface area contributed by atoms with Gasteiger partial charge in [0.2, 0.25) is 0 Å². The summed E-state index contributed by atoms with van der Waals surface area (Å²) in [5.74, 6) is 2.17. The topological polar surface area (TPSA) is 60.4 Å². The Bertz CT molecular complexity index is 1190. The largest absolute Gasteiger partial charge is 0.378 e. The first kappa shape index (κ1) is 25.5. The van der Waals surface area contributed by atoms with Crippen molar-refractivity contribution in [1.82, 2.24) is 15.0 Å². The number of morpholine rings is 1. The molecule has 0 N–H and O–H groups in total. The molecule has 0 unspecified atom stereocenters. The summed E-state index contributed by atoms with van der Waals surface area (Å²) in [6, 6.07) is 0. The Morgan fingerprint density at radius 2 is 1.83 bits per heavy atom. The number of unbranched alkanes of at least 4 members (excludes halogenated alkanes) is 4. The van der Waals surface area contributed by atoms with E-state index in [2.05, 4.69) is 31.9 Å². The summed E-state index contributed by atoms with van der Waals surface area (Å²) in [6.45, 7) is 10.5. The highest BCUT2D eigenvalue weighted by molar-refractivity contribution is 7.99. The predicted octanol–water partition coefficient (Wildman–Crippen LogP) is 6.71. The van der Waals surface area contributed by atoms with Gasteiger partial charge in [-0.2, -0.15) is 0 Å². The van der Waals surface area contributed by atoms with Crippen LogP contribution in [-0.2, 0) is 22.5 Å². The van der Waals surface area contributed by atoms with Crippen LogP contribution < -0.4 is 4.90 Å². The molecule has 190 valence electrons. The van der Waals surface area contributed by atoms with Crippen LogP contribution in [-0.4, -0.2) is 58.9 Å². The standard InChI is InChI=1S/C26H36N4O2S3/c1-5-6-7-8-9-14-34-24-21-20(27-25(29-24)33-4)19-17-15-26(2,3)32-16-18(17)22(28-23(19)35-21)30-10-12-31-13-11-30/h5-16H2,1-4H3. The minimum absolute atomic E-state index is 0.205. The quantitative estimate of drug-likeness (QED) is 0.130. The van der Waals surface area contributed by atoms with Crippen molar-refractivity contribution in [1.29, 1.82) is 0 Å². The molecule has 5 rings (SSSR count). The summed E-state index contributed by atoms with van der Waals surface area (Å²) in [5.41, 5.74) is 3.46. The highest BCUT2D eigenvalue weighted by atomic mass is 32.2. The monoisotopic (exact) mass is 532 g/mol. The molecular formula is C26H36N4O2S3. The molecule has 0 aliphatic carbocycles. The number of aromatic nitrogens is 3. The van der Waals surface area contributed by atoms with E-state index in [0.29, 0.717) is 6.61 Å². The molecule has 3 aromatic heterocycles. The molecular weight excluding hydrogens is 497 g/mol. The van der Waals surface area contributed by atoms with E-state index in [4.69, 9.17) is 24.4 Å². The SMILES string of the molecule is CCCCCCCSc1nc(SC)nc2c1sc1nc(N3CCOCC3)c3c(c12)CC(C)(C)OC3. The van der Waals surface area contributed by atoms with Crippen molar-refractivity contribution in [3.63, 3.8) is 0 Å². The normalized spacial score (nSPS) is 17.9. The maximum absolute atomic E-state index is 6.29. The van der Waals surface area contributed by atoms with E-state index in [1.165, 1.54) is 53.3 Å². The molecule has 0 aromatic carbocycles. The molecule has 2 aliphatic heterocycles. The molecule has 0 radical (unpaired) electrons. The van der Waals surface area contributed by atoms with E-state index in [-0.39, 0.29) is 5.60 Å². The lowest BCUT2D eigenvalue weighted by Gasteiger charge is -2.36. The molecule has 0 amide bonds. The van der Waals surface area contributed by atoms with Gasteiger partial charge in [-0.15, -0.1) is 23.1 Å². The van der Waals surface area contributed by atoms with Crippen LogP contribution in [0.25, 0.3) is 20.4 Å². The first-order valence-electron chi connectivity index (χ1n) is 12.8. The molecule has 0 saturated carbocycles. The summed E-state index contributed by atoms with van der Waals surface area (Å²) in [4.78, 5) is 18.7. The average molecular weight is 533 g/mol. The lowest BCUT2D eigenvalue weighted by atomic mass is 9.90. The molecule has 0 atom stereocenters. The van der Waals surface area contributed by atoms with Crippen LogP contribution in [0.4, 0.5) is 5.82 Å². The van der Waals surface area contributed by atoms with Crippen molar-refractivity contribution < 1.29 is 9.47 Å². The van der Waals surface area contributed by atoms with Crippen LogP contribution in [0.15, 0.2) is 10.2 Å². The van der Waals surface area contributed by atoms with Crippen LogP contribution in [0.3, 0.4) is 0 Å². The summed E-state index contributed by atoms with van der Waals surface area (Å²) in [6.07, 6.45) is 9.40. The lowest BCUT2D eigenvalue weighted by Crippen LogP contribution is -2.39. The van der Waals surface area contributed by atoms with Gasteiger partial charge in [0, 0.05) is 30.5 Å². The van der Waals surface area contributed by atoms with Gasteiger partial charge in [0.1, 0.15) is 15.7 Å². The van der Waals surface area contributed by atoms with Crippen molar-refractivity contribution in [3.8, 4) is 0 Å². The second-order valence-electron chi connectivity index (χ2n) is 9.96. The maximum Gasteiger partial charge on any atom is 0.189 e. The van der Waals surface area contributed by atoms with Crippen LogP contribution in [0, 0.1) is 0 Å². The van der Waals surface area contributed by atoms with Crippen LogP contribution in [0.1, 0.15) is 64.0 Å². The number of ether oxygens (including phenoxy) is 2. The summed E-state index contributed by atoms with van der Waals surface area (Å²) >= 11 is 5.28. The van der Waals surface area contributed by atoms with Crippen molar-refractivity contribution >= 4 is 61.1 Å². The third-order valence-electron chi connectivity index (χ3n) is 6.80. The van der Waals surface area contributed by atoms with E-state index in [9.17, 15) is 0 Å². The Hall–Kier alpha value is -1.13. The van der Waals surface area contributed by atoms with E-state index in [1.807, 2.05) is 11.8 Å². The molecule has 6 nitrogen and oxygen atoms in total. The van der Waals surface area contributed by atoms with Gasteiger partial charge in [-0.1, -0.05) is 44.4 Å². The second kappa shape index (κ2) is 11.1. The summed E-state index contributed by atoms with van der Waals surface area (Å²) < 4.78 is 13.1. The van der Waals surface area contributed by atoms with E-state index in [0.717, 1.165) is 64.8 Å². The predicted molar refractivity (Wildman–Crippen MR) is 150 cm³/mol. The van der Waals surface area contributed by atoms with Gasteiger partial charge in [0.05, 0.1) is 35.6 Å². The average Bonchev–Trinajstić information content (AvgIpc) is 3.24. The van der Waals surface area contributed by atoms with Crippen molar-refractivity contribution in [2.45, 2.75) is 81.7 Å². The third-order valence-corrected chi connectivity index (χ3v) is 9.61. The number of nitrogens with zero attached hydrogens (tertiary/aromatic N) is 4. The number of anilines is 1. The molecule has 5 heterocycles. The second-order valence-corrected chi connectivity index (χ2v) is 12.8. The molecule has 1 fully saturated rings. The van der Waals surface area contributed by atoms with E-state index >= 15 is 0 Å². The fraction of sp³-hybridized carbons (Fsp3) is 0.654. The van der Waals surface area contributed by atoms with Gasteiger partial charge in [0.25, 0.3) is 0 Å². The molecule has 0 spiro atoms. The van der Waals surface area contributed by atoms with Crippen molar-refractivity contribution in [2.75, 3.05) is 43.2 Å². The zero-order valence-electron chi connectivity index (χ0n) is 21.3.